The summed E-state index contributed by atoms with van der Waals surface area (Å²) in [5.74, 6) is -0.241. The Balaban J connectivity index is 2.13. The van der Waals surface area contributed by atoms with E-state index in [9.17, 15) is 14.7 Å². The van der Waals surface area contributed by atoms with Gasteiger partial charge in [-0.25, -0.2) is 0 Å². The van der Waals surface area contributed by atoms with E-state index in [1.54, 1.807) is 30.2 Å². The number of Topliss-reactive ketones (excluding diaryl/α,β-unsaturated/α-hetero) is 1. The maximum absolute atomic E-state index is 13.1. The molecule has 0 saturated carbocycles. The summed E-state index contributed by atoms with van der Waals surface area (Å²) in [6.45, 7) is 4.91. The molecule has 1 fully saturated rings. The van der Waals surface area contributed by atoms with Crippen LogP contribution in [0.15, 0.2) is 52.5 Å². The van der Waals surface area contributed by atoms with Gasteiger partial charge in [0.25, 0.3) is 11.7 Å². The molecule has 2 aromatic rings. The number of ketones is 1. The molecule has 0 aromatic heterocycles. The van der Waals surface area contributed by atoms with Gasteiger partial charge in [-0.3, -0.25) is 9.59 Å². The summed E-state index contributed by atoms with van der Waals surface area (Å²) in [4.78, 5) is 27.6. The van der Waals surface area contributed by atoms with Gasteiger partial charge in [0.05, 0.1) is 29.8 Å². The number of carbonyl (C=O) groups is 2. The fourth-order valence-electron chi connectivity index (χ4n) is 3.90. The van der Waals surface area contributed by atoms with E-state index in [4.69, 9.17) is 9.47 Å². The van der Waals surface area contributed by atoms with Gasteiger partial charge in [0.2, 0.25) is 0 Å². The Hall–Kier alpha value is -2.80. The molecule has 1 atom stereocenters. The van der Waals surface area contributed by atoms with E-state index in [0.717, 1.165) is 24.8 Å². The van der Waals surface area contributed by atoms with E-state index in [0.29, 0.717) is 34.7 Å². The third-order valence-electron chi connectivity index (χ3n) is 5.45. The molecule has 1 saturated heterocycles. The van der Waals surface area contributed by atoms with Crippen LogP contribution >= 0.6 is 15.9 Å². The molecule has 0 bridgehead atoms. The lowest BCUT2D eigenvalue weighted by molar-refractivity contribution is -0.139. The number of carbonyl (C=O) groups excluding carboxylic acids is 2. The summed E-state index contributed by atoms with van der Waals surface area (Å²) in [6, 6.07) is 11.7. The van der Waals surface area contributed by atoms with Crippen molar-refractivity contribution in [2.24, 2.45) is 0 Å². The fraction of sp³-hybridized carbons (Fsp3) is 0.360. The normalized spacial score (nSPS) is 17.6. The molecule has 6 nitrogen and oxygen atoms in total. The monoisotopic (exact) mass is 501 g/mol. The van der Waals surface area contributed by atoms with Crippen LogP contribution in [-0.2, 0) is 9.59 Å². The maximum atomic E-state index is 13.1. The molecule has 32 heavy (non-hydrogen) atoms. The van der Waals surface area contributed by atoms with Crippen LogP contribution in [0.25, 0.3) is 5.76 Å². The zero-order valence-corrected chi connectivity index (χ0v) is 20.1. The highest BCUT2D eigenvalue weighted by Crippen LogP contribution is 2.41. The van der Waals surface area contributed by atoms with Gasteiger partial charge in [0, 0.05) is 12.1 Å². The smallest absolute Gasteiger partial charge is 0.295 e. The lowest BCUT2D eigenvalue weighted by Crippen LogP contribution is -2.30. The molecule has 1 amide bonds. The van der Waals surface area contributed by atoms with Gasteiger partial charge in [-0.05, 0) is 65.2 Å². The third-order valence-corrected chi connectivity index (χ3v) is 6.07. The summed E-state index contributed by atoms with van der Waals surface area (Å²) in [5, 5.41) is 11.2. The second-order valence-electron chi connectivity index (χ2n) is 7.55. The highest BCUT2D eigenvalue weighted by molar-refractivity contribution is 9.10. The van der Waals surface area contributed by atoms with Crippen molar-refractivity contribution in [3.8, 4) is 11.5 Å². The molecule has 3 rings (SSSR count). The van der Waals surface area contributed by atoms with Crippen LogP contribution in [0.3, 0.4) is 0 Å². The number of rotatable bonds is 9. The largest absolute Gasteiger partial charge is 0.507 e. The standard InChI is InChI=1S/C25H28BrNO5/c1-4-6-7-13-27-22(16-9-8-10-18(14-16)32-5-2)21(24(29)25(27)30)23(28)17-11-12-20(31-3)19(26)15-17/h8-12,14-15,22,28H,4-7,13H2,1-3H3/b23-21+. The molecule has 170 valence electrons. The Morgan fingerprint density at radius 3 is 2.56 bits per heavy atom. The number of hydrogen-bond donors (Lipinski definition) is 1. The van der Waals surface area contributed by atoms with Crippen molar-refractivity contribution < 1.29 is 24.2 Å². The third kappa shape index (κ3) is 4.83. The highest BCUT2D eigenvalue weighted by Gasteiger charge is 2.45. The number of benzene rings is 2. The number of amides is 1. The molecular weight excluding hydrogens is 474 g/mol. The van der Waals surface area contributed by atoms with Gasteiger partial charge in [-0.15, -0.1) is 0 Å². The number of halogens is 1. The lowest BCUT2D eigenvalue weighted by Gasteiger charge is -2.25. The van der Waals surface area contributed by atoms with Crippen molar-refractivity contribution in [3.63, 3.8) is 0 Å². The van der Waals surface area contributed by atoms with Crippen LogP contribution < -0.4 is 9.47 Å². The zero-order chi connectivity index (χ0) is 23.3. The number of aliphatic hydroxyl groups excluding tert-OH is 1. The molecule has 0 spiro atoms. The first-order valence-electron chi connectivity index (χ1n) is 10.8. The lowest BCUT2D eigenvalue weighted by atomic mass is 9.95. The van der Waals surface area contributed by atoms with Crippen LogP contribution in [0.1, 0.15) is 50.3 Å². The molecular formula is C25H28BrNO5. The van der Waals surface area contributed by atoms with E-state index in [1.807, 2.05) is 31.2 Å². The minimum atomic E-state index is -0.687. The van der Waals surface area contributed by atoms with Gasteiger partial charge in [0.1, 0.15) is 17.3 Å². The molecule has 2 aromatic carbocycles. The second kappa shape index (κ2) is 10.7. The topological polar surface area (TPSA) is 76.1 Å². The van der Waals surface area contributed by atoms with Crippen molar-refractivity contribution in [2.45, 2.75) is 39.2 Å². The van der Waals surface area contributed by atoms with Gasteiger partial charge in [-0.1, -0.05) is 31.9 Å². The summed E-state index contributed by atoms with van der Waals surface area (Å²) in [7, 11) is 1.55. The molecule has 0 aliphatic carbocycles. The molecule has 1 aliphatic rings. The molecule has 1 unspecified atom stereocenters. The van der Waals surface area contributed by atoms with Crippen LogP contribution in [0, 0.1) is 0 Å². The Bertz CT molecular complexity index is 1030. The molecule has 1 heterocycles. The number of likely N-dealkylation sites (tertiary alicyclic amines) is 1. The van der Waals surface area contributed by atoms with Crippen molar-refractivity contribution in [1.82, 2.24) is 4.90 Å². The van der Waals surface area contributed by atoms with Gasteiger partial charge in [-0.2, -0.15) is 0 Å². The minimum absolute atomic E-state index is 0.0808. The summed E-state index contributed by atoms with van der Waals surface area (Å²) < 4.78 is 11.5. The predicted molar refractivity (Wildman–Crippen MR) is 127 cm³/mol. The number of methoxy groups -OCH3 is 1. The van der Waals surface area contributed by atoms with Crippen LogP contribution in [0.2, 0.25) is 0 Å². The average molecular weight is 502 g/mol. The van der Waals surface area contributed by atoms with E-state index in [1.165, 1.54) is 0 Å². The Morgan fingerprint density at radius 2 is 1.91 bits per heavy atom. The Morgan fingerprint density at radius 1 is 1.12 bits per heavy atom. The SMILES string of the molecule is CCCCCN1C(=O)C(=O)/C(=C(/O)c2ccc(OC)c(Br)c2)C1c1cccc(OCC)c1. The van der Waals surface area contributed by atoms with Gasteiger partial charge in [0.15, 0.2) is 0 Å². The van der Waals surface area contributed by atoms with Gasteiger partial charge < -0.3 is 19.5 Å². The van der Waals surface area contributed by atoms with Crippen LogP contribution in [-0.4, -0.2) is 42.0 Å². The average Bonchev–Trinajstić information content (AvgIpc) is 3.04. The number of hydrogen-bond acceptors (Lipinski definition) is 5. The van der Waals surface area contributed by atoms with Crippen LogP contribution in [0.5, 0.6) is 11.5 Å². The van der Waals surface area contributed by atoms with Crippen molar-refractivity contribution in [1.29, 1.82) is 0 Å². The van der Waals surface area contributed by atoms with E-state index >= 15 is 0 Å². The first-order chi connectivity index (χ1) is 15.4. The summed E-state index contributed by atoms with van der Waals surface area (Å²) >= 11 is 3.41. The molecule has 1 aliphatic heterocycles. The second-order valence-corrected chi connectivity index (χ2v) is 8.41. The van der Waals surface area contributed by atoms with Crippen molar-refractivity contribution >= 4 is 33.4 Å². The van der Waals surface area contributed by atoms with E-state index < -0.39 is 17.7 Å². The Labute approximate surface area is 197 Å². The van der Waals surface area contributed by atoms with Crippen molar-refractivity contribution in [3.05, 3.63) is 63.6 Å². The Kier molecular flexibility index (Phi) is 7.96. The van der Waals surface area contributed by atoms with E-state index in [2.05, 4.69) is 22.9 Å². The highest BCUT2D eigenvalue weighted by atomic mass is 79.9. The maximum Gasteiger partial charge on any atom is 0.295 e. The number of aliphatic hydroxyl groups is 1. The zero-order valence-electron chi connectivity index (χ0n) is 18.6. The number of nitrogens with zero attached hydrogens (tertiary/aromatic N) is 1. The molecule has 7 heteroatoms. The minimum Gasteiger partial charge on any atom is -0.507 e. The predicted octanol–water partition coefficient (Wildman–Crippen LogP) is 5.47. The van der Waals surface area contributed by atoms with Gasteiger partial charge >= 0.3 is 0 Å². The van der Waals surface area contributed by atoms with Crippen molar-refractivity contribution in [2.75, 3.05) is 20.3 Å². The first kappa shape index (κ1) is 23.9. The quantitative estimate of drug-likeness (QED) is 0.213. The number of unbranched alkanes of at least 4 members (excludes halogenated alkanes) is 2. The van der Waals surface area contributed by atoms with E-state index in [-0.39, 0.29) is 11.3 Å². The fourth-order valence-corrected chi connectivity index (χ4v) is 4.44. The first-order valence-corrected chi connectivity index (χ1v) is 11.6. The summed E-state index contributed by atoms with van der Waals surface area (Å²) in [5.41, 5.74) is 1.23. The molecule has 1 N–H and O–H groups in total. The van der Waals surface area contributed by atoms with Crippen LogP contribution in [0.4, 0.5) is 0 Å². The number of ether oxygens (including phenoxy) is 2. The molecule has 0 radical (unpaired) electrons. The summed E-state index contributed by atoms with van der Waals surface area (Å²) in [6.07, 6.45) is 2.72.